The molecule has 1 rings (SSSR count). The number of carbonyl (C=O) groups is 4. The van der Waals surface area contributed by atoms with Crippen molar-refractivity contribution in [1.29, 1.82) is 0 Å². The molecule has 102 valence electrons. The van der Waals surface area contributed by atoms with Crippen LogP contribution in [-0.4, -0.2) is 57.3 Å². The first-order valence-corrected chi connectivity index (χ1v) is 4.92. The minimum atomic E-state index is -1.38. The third-order valence-corrected chi connectivity index (χ3v) is 1.59. The van der Waals surface area contributed by atoms with Gasteiger partial charge in [0.05, 0.1) is 13.2 Å². The van der Waals surface area contributed by atoms with Gasteiger partial charge in [0.25, 0.3) is 11.8 Å². The predicted molar refractivity (Wildman–Crippen MR) is 53.6 cm³/mol. The Balaban J connectivity index is 0.000000631. The summed E-state index contributed by atoms with van der Waals surface area (Å²) in [5.74, 6) is -3.78. The van der Waals surface area contributed by atoms with Crippen molar-refractivity contribution < 1.29 is 39.3 Å². The Hall–Kier alpha value is -2.00. The number of rotatable bonds is 4. The van der Waals surface area contributed by atoms with E-state index in [-0.39, 0.29) is 26.1 Å². The quantitative estimate of drug-likeness (QED) is 0.392. The van der Waals surface area contributed by atoms with Crippen LogP contribution in [0.1, 0.15) is 19.3 Å². The molecule has 9 nitrogen and oxygen atoms in total. The van der Waals surface area contributed by atoms with E-state index in [1.807, 2.05) is 0 Å². The topological polar surface area (TPSA) is 141 Å². The second kappa shape index (κ2) is 8.14. The first kappa shape index (κ1) is 16.0. The third kappa shape index (κ3) is 5.92. The summed E-state index contributed by atoms with van der Waals surface area (Å²) in [6.45, 7) is -0.250. The summed E-state index contributed by atoms with van der Waals surface area (Å²) in [4.78, 5) is 46.8. The van der Waals surface area contributed by atoms with Gasteiger partial charge < -0.3 is 20.2 Å². The first-order chi connectivity index (χ1) is 8.42. The molecule has 18 heavy (non-hydrogen) atoms. The SMILES string of the molecule is O=C(O)CC(=O)ON1C(=O)CCC1=O.OCCO. The van der Waals surface area contributed by atoms with E-state index in [4.69, 9.17) is 15.3 Å². The summed E-state index contributed by atoms with van der Waals surface area (Å²) >= 11 is 0. The van der Waals surface area contributed by atoms with Gasteiger partial charge in [-0.2, -0.15) is 0 Å². The molecule has 0 aromatic carbocycles. The number of nitrogens with zero attached hydrogens (tertiary/aromatic N) is 1. The molecule has 9 heteroatoms. The maximum Gasteiger partial charge on any atom is 0.344 e. The van der Waals surface area contributed by atoms with E-state index in [9.17, 15) is 19.2 Å². The van der Waals surface area contributed by atoms with Gasteiger partial charge in [-0.1, -0.05) is 0 Å². The molecule has 0 radical (unpaired) electrons. The molecule has 1 heterocycles. The first-order valence-electron chi connectivity index (χ1n) is 4.92. The number of carboxylic acids is 1. The Morgan fingerprint density at radius 3 is 1.89 bits per heavy atom. The molecule has 1 saturated heterocycles. The maximum absolute atomic E-state index is 10.9. The van der Waals surface area contributed by atoms with E-state index < -0.39 is 30.2 Å². The van der Waals surface area contributed by atoms with Gasteiger partial charge in [0.1, 0.15) is 6.42 Å². The largest absolute Gasteiger partial charge is 0.481 e. The molecule has 0 unspecified atom stereocenters. The number of imide groups is 1. The third-order valence-electron chi connectivity index (χ3n) is 1.59. The summed E-state index contributed by atoms with van der Waals surface area (Å²) in [7, 11) is 0. The molecule has 1 fully saturated rings. The molecule has 3 N–H and O–H groups in total. The Kier molecular flexibility index (Phi) is 7.24. The fraction of sp³-hybridized carbons (Fsp3) is 0.556. The molecule has 0 aromatic rings. The molecule has 0 saturated carbocycles. The number of hydrogen-bond donors (Lipinski definition) is 3. The smallest absolute Gasteiger partial charge is 0.344 e. The van der Waals surface area contributed by atoms with Gasteiger partial charge in [0.2, 0.25) is 0 Å². The van der Waals surface area contributed by atoms with Crippen LogP contribution in [0.25, 0.3) is 0 Å². The summed E-state index contributed by atoms with van der Waals surface area (Å²) in [5.41, 5.74) is 0. The fourth-order valence-electron chi connectivity index (χ4n) is 0.915. The molecule has 2 amide bonds. The van der Waals surface area contributed by atoms with Gasteiger partial charge in [-0.15, -0.1) is 5.06 Å². The lowest BCUT2D eigenvalue weighted by molar-refractivity contribution is -0.198. The average Bonchev–Trinajstić information content (AvgIpc) is 2.60. The van der Waals surface area contributed by atoms with Gasteiger partial charge >= 0.3 is 11.9 Å². The van der Waals surface area contributed by atoms with E-state index in [0.29, 0.717) is 5.06 Å². The Labute approximate surface area is 102 Å². The van der Waals surface area contributed by atoms with Crippen molar-refractivity contribution in [2.45, 2.75) is 19.3 Å². The number of hydroxylamine groups is 2. The zero-order valence-electron chi connectivity index (χ0n) is 9.37. The number of amides is 2. The molecular weight excluding hydrogens is 250 g/mol. The van der Waals surface area contributed by atoms with E-state index >= 15 is 0 Å². The molecule has 0 bridgehead atoms. The number of aliphatic hydroxyl groups excluding tert-OH is 2. The van der Waals surface area contributed by atoms with Gasteiger partial charge in [-0.05, 0) is 0 Å². The van der Waals surface area contributed by atoms with E-state index in [1.54, 1.807) is 0 Å². The standard InChI is InChI=1S/C7H7NO6.C2H6O2/c9-4-1-2-5(10)8(4)14-7(13)3-6(11)12;3-1-2-4/h1-3H2,(H,11,12);3-4H,1-2H2. The monoisotopic (exact) mass is 263 g/mol. The van der Waals surface area contributed by atoms with Crippen LogP contribution < -0.4 is 0 Å². The molecule has 1 aliphatic rings. The highest BCUT2D eigenvalue weighted by Gasteiger charge is 2.33. The van der Waals surface area contributed by atoms with Crippen molar-refractivity contribution in [1.82, 2.24) is 5.06 Å². The molecule has 1 aliphatic heterocycles. The Bertz CT molecular complexity index is 321. The van der Waals surface area contributed by atoms with E-state index in [0.717, 1.165) is 0 Å². The molecule has 0 aromatic heterocycles. The van der Waals surface area contributed by atoms with Crippen molar-refractivity contribution in [3.63, 3.8) is 0 Å². The van der Waals surface area contributed by atoms with Crippen LogP contribution >= 0.6 is 0 Å². The highest BCUT2D eigenvalue weighted by molar-refractivity contribution is 6.02. The van der Waals surface area contributed by atoms with Crippen molar-refractivity contribution in [3.8, 4) is 0 Å². The van der Waals surface area contributed by atoms with Crippen molar-refractivity contribution in [3.05, 3.63) is 0 Å². The lowest BCUT2D eigenvalue weighted by Gasteiger charge is -2.11. The molecule has 0 aliphatic carbocycles. The average molecular weight is 263 g/mol. The van der Waals surface area contributed by atoms with Crippen LogP contribution in [0.5, 0.6) is 0 Å². The Morgan fingerprint density at radius 2 is 1.56 bits per heavy atom. The predicted octanol–water partition coefficient (Wildman–Crippen LogP) is -1.96. The minimum Gasteiger partial charge on any atom is -0.481 e. The van der Waals surface area contributed by atoms with Gasteiger partial charge in [-0.3, -0.25) is 14.4 Å². The highest BCUT2D eigenvalue weighted by Crippen LogP contribution is 2.12. The van der Waals surface area contributed by atoms with Crippen molar-refractivity contribution in [2.24, 2.45) is 0 Å². The van der Waals surface area contributed by atoms with Crippen LogP contribution in [0.15, 0.2) is 0 Å². The molecule has 0 atom stereocenters. The molecule has 0 spiro atoms. The highest BCUT2D eigenvalue weighted by atomic mass is 16.7. The lowest BCUT2D eigenvalue weighted by Crippen LogP contribution is -2.32. The Morgan fingerprint density at radius 1 is 1.11 bits per heavy atom. The summed E-state index contributed by atoms with van der Waals surface area (Å²) in [6.07, 6.45) is -0.907. The fourth-order valence-corrected chi connectivity index (χ4v) is 0.915. The van der Waals surface area contributed by atoms with Crippen LogP contribution in [0.2, 0.25) is 0 Å². The van der Waals surface area contributed by atoms with Crippen LogP contribution in [0.3, 0.4) is 0 Å². The maximum atomic E-state index is 10.9. The van der Waals surface area contributed by atoms with Gasteiger partial charge in [0, 0.05) is 12.8 Å². The van der Waals surface area contributed by atoms with Gasteiger partial charge in [0.15, 0.2) is 0 Å². The second-order valence-corrected chi connectivity index (χ2v) is 3.06. The second-order valence-electron chi connectivity index (χ2n) is 3.06. The van der Waals surface area contributed by atoms with Crippen molar-refractivity contribution >= 4 is 23.8 Å². The van der Waals surface area contributed by atoms with Gasteiger partial charge in [-0.25, -0.2) is 4.79 Å². The molecular formula is C9H13NO8. The normalized spacial score (nSPS) is 14.0. The number of carboxylic acid groups (broad SMARTS) is 1. The minimum absolute atomic E-state index is 0.0147. The zero-order valence-corrected chi connectivity index (χ0v) is 9.37. The number of hydrogen-bond acceptors (Lipinski definition) is 7. The number of carbonyl (C=O) groups excluding carboxylic acids is 3. The van der Waals surface area contributed by atoms with E-state index in [2.05, 4.69) is 4.84 Å². The van der Waals surface area contributed by atoms with Crippen LogP contribution in [0.4, 0.5) is 0 Å². The summed E-state index contributed by atoms with van der Waals surface area (Å²) < 4.78 is 0. The van der Waals surface area contributed by atoms with Crippen LogP contribution in [0, 0.1) is 0 Å². The lowest BCUT2D eigenvalue weighted by atomic mass is 10.4. The van der Waals surface area contributed by atoms with Crippen molar-refractivity contribution in [2.75, 3.05) is 13.2 Å². The summed E-state index contributed by atoms with van der Waals surface area (Å²) in [5, 5.41) is 23.8. The number of aliphatic carboxylic acids is 1. The van der Waals surface area contributed by atoms with Crippen LogP contribution in [-0.2, 0) is 24.0 Å². The van der Waals surface area contributed by atoms with E-state index in [1.165, 1.54) is 0 Å². The zero-order chi connectivity index (χ0) is 14.1. The number of aliphatic hydroxyl groups is 2. The summed E-state index contributed by atoms with van der Waals surface area (Å²) in [6, 6.07) is 0.